The third-order valence-electron chi connectivity index (χ3n) is 4.00. The Bertz CT molecular complexity index is 905. The van der Waals surface area contributed by atoms with Gasteiger partial charge in [-0.3, -0.25) is 14.5 Å². The second kappa shape index (κ2) is 7.46. The van der Waals surface area contributed by atoms with Crippen molar-refractivity contribution in [2.45, 2.75) is 37.0 Å². The molecule has 0 saturated carbocycles. The van der Waals surface area contributed by atoms with Crippen molar-refractivity contribution in [1.82, 2.24) is 9.97 Å². The van der Waals surface area contributed by atoms with Gasteiger partial charge in [-0.25, -0.2) is 0 Å². The summed E-state index contributed by atoms with van der Waals surface area (Å²) < 4.78 is 41.9. The molecule has 0 aliphatic carbocycles. The molecule has 146 valence electrons. The Morgan fingerprint density at radius 3 is 2.41 bits per heavy atom. The van der Waals surface area contributed by atoms with E-state index in [1.54, 1.807) is 18.3 Å². The highest BCUT2D eigenvalue weighted by Crippen LogP contribution is 2.27. The molecule has 0 bridgehead atoms. The van der Waals surface area contributed by atoms with E-state index in [-0.39, 0.29) is 5.75 Å². The second-order valence-corrected chi connectivity index (χ2v) is 7.54. The van der Waals surface area contributed by atoms with Crippen LogP contribution < -0.4 is 4.74 Å². The van der Waals surface area contributed by atoms with E-state index in [1.807, 2.05) is 13.0 Å². The molecule has 2 aromatic rings. The molecule has 1 aliphatic rings. The summed E-state index contributed by atoms with van der Waals surface area (Å²) >= 11 is 0. The van der Waals surface area contributed by atoms with E-state index >= 15 is 0 Å². The van der Waals surface area contributed by atoms with Crippen LogP contribution in [-0.2, 0) is 14.9 Å². The zero-order chi connectivity index (χ0) is 19.8. The fourth-order valence-corrected chi connectivity index (χ4v) is 3.38. The van der Waals surface area contributed by atoms with E-state index in [2.05, 4.69) is 9.97 Å². The molecule has 0 spiro atoms. The zero-order valence-corrected chi connectivity index (χ0v) is 14.9. The summed E-state index contributed by atoms with van der Waals surface area (Å²) in [7, 11) is -4.85. The van der Waals surface area contributed by atoms with Gasteiger partial charge in [-0.1, -0.05) is 0 Å². The van der Waals surface area contributed by atoms with Gasteiger partial charge in [0.05, 0.1) is 11.9 Å². The first-order chi connectivity index (χ1) is 12.7. The predicted octanol–water partition coefficient (Wildman–Crippen LogP) is -0.516. The third-order valence-corrected chi connectivity index (χ3v) is 4.98. The van der Waals surface area contributed by atoms with E-state index in [1.165, 1.54) is 12.3 Å². The van der Waals surface area contributed by atoms with Crippen molar-refractivity contribution >= 4 is 10.1 Å². The first kappa shape index (κ1) is 19.6. The molecule has 0 amide bonds. The van der Waals surface area contributed by atoms with Crippen LogP contribution in [-0.4, -0.2) is 68.3 Å². The number of rotatable bonds is 4. The molecule has 0 aromatic carbocycles. The highest BCUT2D eigenvalue weighted by atomic mass is 32.2. The van der Waals surface area contributed by atoms with Gasteiger partial charge < -0.3 is 24.8 Å². The van der Waals surface area contributed by atoms with Gasteiger partial charge in [-0.15, -0.1) is 0 Å². The minimum absolute atomic E-state index is 0.117. The molecule has 11 heteroatoms. The summed E-state index contributed by atoms with van der Waals surface area (Å²) in [6.45, 7) is 1.84. The summed E-state index contributed by atoms with van der Waals surface area (Å²) in [4.78, 5) is 8.31. The zero-order valence-electron chi connectivity index (χ0n) is 14.1. The Morgan fingerprint density at radius 2 is 1.81 bits per heavy atom. The summed E-state index contributed by atoms with van der Waals surface area (Å²) in [6, 6.07) is 6.75. The molecule has 3 rings (SSSR count). The Labute approximate surface area is 154 Å². The van der Waals surface area contributed by atoms with Crippen molar-refractivity contribution in [1.29, 1.82) is 0 Å². The van der Waals surface area contributed by atoms with Crippen molar-refractivity contribution in [3.05, 3.63) is 42.4 Å². The van der Waals surface area contributed by atoms with Crippen molar-refractivity contribution in [3.63, 3.8) is 0 Å². The normalized spacial score (nSPS) is 28.7. The molecule has 2 aromatic heterocycles. The van der Waals surface area contributed by atoms with Crippen LogP contribution in [0.3, 0.4) is 0 Å². The fourth-order valence-electron chi connectivity index (χ4n) is 2.62. The monoisotopic (exact) mass is 398 g/mol. The lowest BCUT2D eigenvalue weighted by Crippen LogP contribution is -2.61. The Hall–Kier alpha value is -2.15. The van der Waals surface area contributed by atoms with Crippen molar-refractivity contribution < 1.29 is 37.8 Å². The molecule has 1 fully saturated rings. The second-order valence-electron chi connectivity index (χ2n) is 6.04. The van der Waals surface area contributed by atoms with Gasteiger partial charge in [0.25, 0.3) is 10.1 Å². The molecule has 5 atom stereocenters. The van der Waals surface area contributed by atoms with Gasteiger partial charge >= 0.3 is 0 Å². The first-order valence-corrected chi connectivity index (χ1v) is 9.39. The standard InChI is InChI=1S/C16H18N2O8S/c1-8-6-9(4-5-17-8)11-3-2-10(7-18-11)25-15-13(20)12(19)14(21)16(26-15)27(22,23)24/h2-7,12-16,19-21H,1H3,(H,22,23,24)/t12-,13-,14+,15-,16?/m1/s1. The Kier molecular flexibility index (Phi) is 5.42. The van der Waals surface area contributed by atoms with E-state index in [4.69, 9.17) is 14.0 Å². The van der Waals surface area contributed by atoms with E-state index in [0.717, 1.165) is 11.3 Å². The van der Waals surface area contributed by atoms with Crippen LogP contribution in [0.15, 0.2) is 36.7 Å². The average molecular weight is 398 g/mol. The van der Waals surface area contributed by atoms with Crippen LogP contribution in [0.1, 0.15) is 5.69 Å². The van der Waals surface area contributed by atoms with E-state index in [9.17, 15) is 23.7 Å². The molecule has 3 heterocycles. The number of hydrogen-bond acceptors (Lipinski definition) is 9. The van der Waals surface area contributed by atoms with Gasteiger partial charge in [0.1, 0.15) is 24.1 Å². The smallest absolute Gasteiger partial charge is 0.295 e. The van der Waals surface area contributed by atoms with Crippen molar-refractivity contribution in [3.8, 4) is 17.0 Å². The third kappa shape index (κ3) is 4.24. The Morgan fingerprint density at radius 1 is 1.07 bits per heavy atom. The average Bonchev–Trinajstić information content (AvgIpc) is 2.62. The number of pyridine rings is 2. The topological polar surface area (TPSA) is 159 Å². The number of aryl methyl sites for hydroxylation is 1. The van der Waals surface area contributed by atoms with Gasteiger partial charge in [0.2, 0.25) is 11.7 Å². The molecule has 1 aliphatic heterocycles. The number of aliphatic hydroxyl groups is 3. The molecule has 4 N–H and O–H groups in total. The van der Waals surface area contributed by atoms with Crippen LogP contribution in [0.2, 0.25) is 0 Å². The van der Waals surface area contributed by atoms with Gasteiger partial charge in [-0.05, 0) is 31.2 Å². The molecule has 1 saturated heterocycles. The van der Waals surface area contributed by atoms with Crippen LogP contribution in [0, 0.1) is 6.92 Å². The lowest BCUT2D eigenvalue weighted by atomic mass is 10.1. The number of aromatic nitrogens is 2. The van der Waals surface area contributed by atoms with Gasteiger partial charge in [0, 0.05) is 17.5 Å². The summed E-state index contributed by atoms with van der Waals surface area (Å²) in [5.41, 5.74) is 0.113. The van der Waals surface area contributed by atoms with E-state index in [0.29, 0.717) is 5.69 Å². The number of ether oxygens (including phenoxy) is 2. The predicted molar refractivity (Wildman–Crippen MR) is 91.1 cm³/mol. The van der Waals surface area contributed by atoms with Crippen LogP contribution in [0.25, 0.3) is 11.3 Å². The minimum Gasteiger partial charge on any atom is -0.460 e. The minimum atomic E-state index is -4.85. The van der Waals surface area contributed by atoms with Crippen LogP contribution in [0.4, 0.5) is 0 Å². The molecular formula is C16H18N2O8S. The first-order valence-electron chi connectivity index (χ1n) is 7.88. The molecule has 10 nitrogen and oxygen atoms in total. The quantitative estimate of drug-likeness (QED) is 0.494. The fraction of sp³-hybridized carbons (Fsp3) is 0.375. The molecular weight excluding hydrogens is 380 g/mol. The highest BCUT2D eigenvalue weighted by molar-refractivity contribution is 7.86. The number of hydrogen-bond donors (Lipinski definition) is 4. The highest BCUT2D eigenvalue weighted by Gasteiger charge is 2.50. The molecule has 0 radical (unpaired) electrons. The number of nitrogens with zero attached hydrogens (tertiary/aromatic N) is 2. The maximum absolute atomic E-state index is 11.3. The largest absolute Gasteiger partial charge is 0.460 e. The lowest BCUT2D eigenvalue weighted by Gasteiger charge is -2.38. The number of aliphatic hydroxyl groups excluding tert-OH is 3. The Balaban J connectivity index is 1.78. The lowest BCUT2D eigenvalue weighted by molar-refractivity contribution is -0.254. The summed E-state index contributed by atoms with van der Waals surface area (Å²) in [5.74, 6) is 0.117. The maximum atomic E-state index is 11.3. The van der Waals surface area contributed by atoms with Crippen LogP contribution in [0.5, 0.6) is 5.75 Å². The van der Waals surface area contributed by atoms with Gasteiger partial charge in [-0.2, -0.15) is 8.42 Å². The van der Waals surface area contributed by atoms with Gasteiger partial charge in [0.15, 0.2) is 0 Å². The van der Waals surface area contributed by atoms with Crippen LogP contribution >= 0.6 is 0 Å². The van der Waals surface area contributed by atoms with Crippen molar-refractivity contribution in [2.75, 3.05) is 0 Å². The van der Waals surface area contributed by atoms with Crippen molar-refractivity contribution in [2.24, 2.45) is 0 Å². The van der Waals surface area contributed by atoms with E-state index < -0.39 is 40.2 Å². The molecule has 27 heavy (non-hydrogen) atoms. The SMILES string of the molecule is Cc1cc(-c2ccc(O[C@@H]3OC(S(=O)(=O)O)[C@@H](O)[C@H](O)[C@H]3O)cn2)ccn1. The molecule has 1 unspecified atom stereocenters. The summed E-state index contributed by atoms with van der Waals surface area (Å²) in [5, 5.41) is 29.4. The maximum Gasteiger partial charge on any atom is 0.295 e. The summed E-state index contributed by atoms with van der Waals surface area (Å²) in [6.07, 6.45) is -4.37.